The van der Waals surface area contributed by atoms with Crippen LogP contribution in [0.4, 0.5) is 0 Å². The highest BCUT2D eigenvalue weighted by atomic mass is 32.2. The maximum atomic E-state index is 11.1. The van der Waals surface area contributed by atoms with E-state index in [-0.39, 0.29) is 15.7 Å². The van der Waals surface area contributed by atoms with Crippen LogP contribution in [-0.2, 0) is 20.9 Å². The first-order chi connectivity index (χ1) is 11.9. The third kappa shape index (κ3) is 5.32. The van der Waals surface area contributed by atoms with E-state index >= 15 is 0 Å². The van der Waals surface area contributed by atoms with Crippen LogP contribution < -0.4 is 4.74 Å². The summed E-state index contributed by atoms with van der Waals surface area (Å²) in [5.41, 5.74) is 2.21. The van der Waals surface area contributed by atoms with Crippen molar-refractivity contribution in [2.75, 3.05) is 6.61 Å². The second-order valence-corrected chi connectivity index (χ2v) is 9.68. The molecule has 0 unspecified atom stereocenters. The zero-order valence-electron chi connectivity index (χ0n) is 16.1. The van der Waals surface area contributed by atoms with E-state index in [4.69, 9.17) is 9.29 Å². The number of benzene rings is 2. The van der Waals surface area contributed by atoms with Crippen LogP contribution in [-0.4, -0.2) is 19.6 Å². The molecule has 2 rings (SSSR count). The lowest BCUT2D eigenvalue weighted by atomic mass is 9.82. The number of rotatable bonds is 6. The molecule has 5 heteroatoms. The molecule has 0 fully saturated rings. The highest BCUT2D eigenvalue weighted by molar-refractivity contribution is 7.85. The Hall–Kier alpha value is -1.85. The summed E-state index contributed by atoms with van der Waals surface area (Å²) >= 11 is 0. The number of hydrogen-bond donors (Lipinski definition) is 1. The molecule has 0 aliphatic rings. The van der Waals surface area contributed by atoms with Crippen LogP contribution in [0.15, 0.2) is 53.4 Å². The summed E-state index contributed by atoms with van der Waals surface area (Å²) in [6.45, 7) is 11.3. The van der Waals surface area contributed by atoms with E-state index in [0.717, 1.165) is 17.7 Å². The standard InChI is InChI=1S/C21H28O4S/c1-20(2,3)16-6-10-18(11-7-16)25-15-14-21(4,5)17-8-12-19(13-9-17)26(22,23)24/h6-13H,14-15H2,1-5H3,(H,22,23,24). The predicted molar refractivity (Wildman–Crippen MR) is 105 cm³/mol. The molecule has 0 aliphatic heterocycles. The van der Waals surface area contributed by atoms with Gasteiger partial charge in [0.05, 0.1) is 11.5 Å². The quantitative estimate of drug-likeness (QED) is 0.722. The van der Waals surface area contributed by atoms with Crippen molar-refractivity contribution in [3.8, 4) is 5.75 Å². The highest BCUT2D eigenvalue weighted by Gasteiger charge is 2.21. The first-order valence-corrected chi connectivity index (χ1v) is 10.1. The summed E-state index contributed by atoms with van der Waals surface area (Å²) in [6, 6.07) is 14.5. The fourth-order valence-corrected chi connectivity index (χ4v) is 3.18. The van der Waals surface area contributed by atoms with Crippen LogP contribution in [0.2, 0.25) is 0 Å². The normalized spacial score (nSPS) is 12.8. The molecule has 0 aromatic heterocycles. The van der Waals surface area contributed by atoms with Crippen LogP contribution in [0.3, 0.4) is 0 Å². The molecule has 0 heterocycles. The maximum Gasteiger partial charge on any atom is 0.294 e. The molecule has 0 bridgehead atoms. The average Bonchev–Trinajstić information content (AvgIpc) is 2.54. The summed E-state index contributed by atoms with van der Waals surface area (Å²) in [5.74, 6) is 0.843. The van der Waals surface area contributed by atoms with Crippen molar-refractivity contribution in [1.29, 1.82) is 0 Å². The van der Waals surface area contributed by atoms with Gasteiger partial charge in [-0.05, 0) is 52.6 Å². The van der Waals surface area contributed by atoms with Gasteiger partial charge in [-0.2, -0.15) is 8.42 Å². The third-order valence-electron chi connectivity index (χ3n) is 4.65. The smallest absolute Gasteiger partial charge is 0.294 e. The summed E-state index contributed by atoms with van der Waals surface area (Å²) in [5, 5.41) is 0. The maximum absolute atomic E-state index is 11.1. The fraction of sp³-hybridized carbons (Fsp3) is 0.429. The average molecular weight is 377 g/mol. The van der Waals surface area contributed by atoms with E-state index in [9.17, 15) is 8.42 Å². The molecule has 0 aliphatic carbocycles. The molecule has 0 amide bonds. The molecule has 2 aromatic rings. The van der Waals surface area contributed by atoms with E-state index in [1.807, 2.05) is 12.1 Å². The van der Waals surface area contributed by atoms with Gasteiger partial charge < -0.3 is 4.74 Å². The van der Waals surface area contributed by atoms with Crippen molar-refractivity contribution in [2.24, 2.45) is 0 Å². The van der Waals surface area contributed by atoms with E-state index < -0.39 is 10.1 Å². The SMILES string of the molecule is CC(C)(C)c1ccc(OCCC(C)(C)c2ccc(S(=O)(=O)O)cc2)cc1. The molecule has 142 valence electrons. The van der Waals surface area contributed by atoms with Gasteiger partial charge in [0.2, 0.25) is 0 Å². The van der Waals surface area contributed by atoms with Gasteiger partial charge in [-0.25, -0.2) is 0 Å². The number of hydrogen-bond acceptors (Lipinski definition) is 3. The number of ether oxygens (including phenoxy) is 1. The Bertz CT molecular complexity index is 827. The molecule has 1 N–H and O–H groups in total. The first-order valence-electron chi connectivity index (χ1n) is 8.71. The zero-order chi connectivity index (χ0) is 19.6. The minimum atomic E-state index is -4.16. The molecule has 2 aromatic carbocycles. The van der Waals surface area contributed by atoms with Crippen LogP contribution in [0.5, 0.6) is 5.75 Å². The van der Waals surface area contributed by atoms with Crippen molar-refractivity contribution in [1.82, 2.24) is 0 Å². The van der Waals surface area contributed by atoms with Gasteiger partial charge in [0.1, 0.15) is 5.75 Å². The molecule has 4 nitrogen and oxygen atoms in total. The van der Waals surface area contributed by atoms with Crippen molar-refractivity contribution in [3.63, 3.8) is 0 Å². The van der Waals surface area contributed by atoms with Crippen LogP contribution in [0.25, 0.3) is 0 Å². The van der Waals surface area contributed by atoms with E-state index in [2.05, 4.69) is 46.8 Å². The van der Waals surface area contributed by atoms with E-state index in [1.165, 1.54) is 17.7 Å². The lowest BCUT2D eigenvalue weighted by Crippen LogP contribution is -2.20. The zero-order valence-corrected chi connectivity index (χ0v) is 16.9. The molecule has 0 saturated heterocycles. The highest BCUT2D eigenvalue weighted by Crippen LogP contribution is 2.29. The third-order valence-corrected chi connectivity index (χ3v) is 5.52. The topological polar surface area (TPSA) is 63.6 Å². The predicted octanol–water partition coefficient (Wildman–Crippen LogP) is 4.98. The Balaban J connectivity index is 1.97. The van der Waals surface area contributed by atoms with Crippen LogP contribution >= 0.6 is 0 Å². The Morgan fingerprint density at radius 1 is 0.846 bits per heavy atom. The van der Waals surface area contributed by atoms with Gasteiger partial charge in [0.15, 0.2) is 0 Å². The van der Waals surface area contributed by atoms with Gasteiger partial charge in [-0.15, -0.1) is 0 Å². The van der Waals surface area contributed by atoms with Crippen molar-refractivity contribution >= 4 is 10.1 Å². The molecule has 0 saturated carbocycles. The molecule has 26 heavy (non-hydrogen) atoms. The monoisotopic (exact) mass is 376 g/mol. The lowest BCUT2D eigenvalue weighted by molar-refractivity contribution is 0.272. The van der Waals surface area contributed by atoms with Gasteiger partial charge in [-0.1, -0.05) is 58.9 Å². The summed E-state index contributed by atoms with van der Waals surface area (Å²) < 4.78 is 37.2. The summed E-state index contributed by atoms with van der Waals surface area (Å²) in [6.07, 6.45) is 0.777. The Morgan fingerprint density at radius 2 is 1.35 bits per heavy atom. The van der Waals surface area contributed by atoms with Gasteiger partial charge in [-0.3, -0.25) is 4.55 Å². The Labute approximate surface area is 157 Å². The minimum absolute atomic E-state index is 0.0905. The van der Waals surface area contributed by atoms with Crippen molar-refractivity contribution in [3.05, 3.63) is 59.7 Å². The van der Waals surface area contributed by atoms with Gasteiger partial charge in [0.25, 0.3) is 10.1 Å². The molecule has 0 spiro atoms. The second-order valence-electron chi connectivity index (χ2n) is 8.26. The minimum Gasteiger partial charge on any atom is -0.494 e. The Kier molecular flexibility index (Phi) is 5.83. The van der Waals surface area contributed by atoms with Crippen molar-refractivity contribution in [2.45, 2.75) is 56.8 Å². The van der Waals surface area contributed by atoms with E-state index in [0.29, 0.717) is 6.61 Å². The van der Waals surface area contributed by atoms with Crippen LogP contribution in [0, 0.1) is 0 Å². The first kappa shape index (κ1) is 20.5. The van der Waals surface area contributed by atoms with E-state index in [1.54, 1.807) is 12.1 Å². The summed E-state index contributed by atoms with van der Waals surface area (Å²) in [4.78, 5) is -0.0905. The fourth-order valence-electron chi connectivity index (χ4n) is 2.70. The van der Waals surface area contributed by atoms with Crippen LogP contribution in [0.1, 0.15) is 52.2 Å². The van der Waals surface area contributed by atoms with Crippen molar-refractivity contribution < 1.29 is 17.7 Å². The van der Waals surface area contributed by atoms with Gasteiger partial charge >= 0.3 is 0 Å². The molecular formula is C21H28O4S. The molecule has 0 radical (unpaired) electrons. The van der Waals surface area contributed by atoms with Gasteiger partial charge in [0, 0.05) is 0 Å². The Morgan fingerprint density at radius 3 is 1.81 bits per heavy atom. The lowest BCUT2D eigenvalue weighted by Gasteiger charge is -2.25. The second kappa shape index (κ2) is 7.41. The summed E-state index contributed by atoms with van der Waals surface area (Å²) in [7, 11) is -4.16. The molecule has 0 atom stereocenters. The molecular weight excluding hydrogens is 348 g/mol. The largest absolute Gasteiger partial charge is 0.494 e.